The van der Waals surface area contributed by atoms with Crippen molar-refractivity contribution in [1.29, 1.82) is 0 Å². The molecule has 2 atom stereocenters. The second kappa shape index (κ2) is 3.88. The van der Waals surface area contributed by atoms with Crippen LogP contribution < -0.4 is 0 Å². The van der Waals surface area contributed by atoms with Crippen LogP contribution in [0.3, 0.4) is 0 Å². The van der Waals surface area contributed by atoms with Crippen LogP contribution in [0.1, 0.15) is 33.1 Å². The summed E-state index contributed by atoms with van der Waals surface area (Å²) in [5.74, 6) is 1.69. The first kappa shape index (κ1) is 9.50. The minimum absolute atomic E-state index is 0.138. The van der Waals surface area contributed by atoms with Gasteiger partial charge in [-0.2, -0.15) is 0 Å². The van der Waals surface area contributed by atoms with Crippen molar-refractivity contribution in [3.8, 4) is 0 Å². The van der Waals surface area contributed by atoms with Crippen molar-refractivity contribution in [2.45, 2.75) is 33.1 Å². The van der Waals surface area contributed by atoms with E-state index in [0.29, 0.717) is 17.6 Å². The smallest absolute Gasteiger partial charge is 0.139 e. The fourth-order valence-electron chi connectivity index (χ4n) is 2.15. The van der Waals surface area contributed by atoms with Gasteiger partial charge in [-0.25, -0.2) is 0 Å². The van der Waals surface area contributed by atoms with Crippen LogP contribution in [-0.2, 0) is 4.79 Å². The first-order chi connectivity index (χ1) is 5.66. The van der Waals surface area contributed by atoms with Gasteiger partial charge >= 0.3 is 0 Å². The van der Waals surface area contributed by atoms with E-state index in [1.54, 1.807) is 0 Å². The van der Waals surface area contributed by atoms with Gasteiger partial charge in [0.25, 0.3) is 0 Å². The SMILES string of the molecule is C=C[C@H]1C(=O)CCC[C@@H]1C(C)C. The van der Waals surface area contributed by atoms with Crippen molar-refractivity contribution >= 4 is 5.78 Å². The number of ketones is 1. The van der Waals surface area contributed by atoms with Crippen molar-refractivity contribution in [2.24, 2.45) is 17.8 Å². The van der Waals surface area contributed by atoms with Crippen molar-refractivity contribution in [1.82, 2.24) is 0 Å². The van der Waals surface area contributed by atoms with Gasteiger partial charge in [0, 0.05) is 12.3 Å². The highest BCUT2D eigenvalue weighted by Gasteiger charge is 2.30. The first-order valence-electron chi connectivity index (χ1n) is 4.82. The average molecular weight is 166 g/mol. The molecule has 12 heavy (non-hydrogen) atoms. The van der Waals surface area contributed by atoms with Crippen LogP contribution >= 0.6 is 0 Å². The summed E-state index contributed by atoms with van der Waals surface area (Å²) in [6, 6.07) is 0. The van der Waals surface area contributed by atoms with E-state index in [1.807, 2.05) is 6.08 Å². The predicted octanol–water partition coefficient (Wildman–Crippen LogP) is 2.81. The Morgan fingerprint density at radius 1 is 1.58 bits per heavy atom. The van der Waals surface area contributed by atoms with Gasteiger partial charge in [0.2, 0.25) is 0 Å². The Labute approximate surface area is 74.9 Å². The van der Waals surface area contributed by atoms with Crippen LogP contribution in [0.5, 0.6) is 0 Å². The van der Waals surface area contributed by atoms with E-state index in [9.17, 15) is 4.79 Å². The number of allylic oxidation sites excluding steroid dienone is 1. The van der Waals surface area contributed by atoms with Gasteiger partial charge in [-0.15, -0.1) is 6.58 Å². The van der Waals surface area contributed by atoms with Crippen LogP contribution in [0.4, 0.5) is 0 Å². The van der Waals surface area contributed by atoms with Crippen LogP contribution in [0.25, 0.3) is 0 Å². The van der Waals surface area contributed by atoms with E-state index in [-0.39, 0.29) is 5.92 Å². The van der Waals surface area contributed by atoms with Crippen LogP contribution in [0, 0.1) is 17.8 Å². The summed E-state index contributed by atoms with van der Waals surface area (Å²) in [6.45, 7) is 8.14. The van der Waals surface area contributed by atoms with Crippen LogP contribution in [0.2, 0.25) is 0 Å². The molecule has 1 rings (SSSR count). The number of carbonyl (C=O) groups is 1. The molecular weight excluding hydrogens is 148 g/mol. The van der Waals surface area contributed by atoms with Crippen molar-refractivity contribution in [3.05, 3.63) is 12.7 Å². The Hall–Kier alpha value is -0.590. The Bertz CT molecular complexity index is 181. The summed E-state index contributed by atoms with van der Waals surface area (Å²) in [7, 11) is 0. The maximum Gasteiger partial charge on any atom is 0.139 e. The lowest BCUT2D eigenvalue weighted by Gasteiger charge is -2.31. The highest BCUT2D eigenvalue weighted by Crippen LogP contribution is 2.33. The van der Waals surface area contributed by atoms with Crippen molar-refractivity contribution < 1.29 is 4.79 Å². The fourth-order valence-corrected chi connectivity index (χ4v) is 2.15. The van der Waals surface area contributed by atoms with E-state index < -0.39 is 0 Å². The van der Waals surface area contributed by atoms with Crippen LogP contribution in [-0.4, -0.2) is 5.78 Å². The molecule has 0 amide bonds. The van der Waals surface area contributed by atoms with Crippen molar-refractivity contribution in [2.75, 3.05) is 0 Å². The number of Topliss-reactive ketones (excluding diaryl/α,β-unsaturated/α-hetero) is 1. The molecule has 0 aromatic rings. The molecule has 0 N–H and O–H groups in total. The molecule has 0 radical (unpaired) electrons. The number of rotatable bonds is 2. The fraction of sp³-hybridized carbons (Fsp3) is 0.727. The zero-order valence-electron chi connectivity index (χ0n) is 8.05. The number of carbonyl (C=O) groups excluding carboxylic acids is 1. The Morgan fingerprint density at radius 2 is 2.25 bits per heavy atom. The monoisotopic (exact) mass is 166 g/mol. The summed E-state index contributed by atoms with van der Waals surface area (Å²) in [4.78, 5) is 11.5. The van der Waals surface area contributed by atoms with E-state index >= 15 is 0 Å². The largest absolute Gasteiger partial charge is 0.299 e. The molecular formula is C11H18O. The van der Waals surface area contributed by atoms with Crippen LogP contribution in [0.15, 0.2) is 12.7 Å². The number of hydrogen-bond acceptors (Lipinski definition) is 1. The summed E-state index contributed by atoms with van der Waals surface area (Å²) in [5, 5.41) is 0. The third kappa shape index (κ3) is 1.77. The summed E-state index contributed by atoms with van der Waals surface area (Å²) < 4.78 is 0. The maximum absolute atomic E-state index is 11.5. The minimum Gasteiger partial charge on any atom is -0.299 e. The Kier molecular flexibility index (Phi) is 3.07. The lowest BCUT2D eigenvalue weighted by Crippen LogP contribution is -2.30. The van der Waals surface area contributed by atoms with Gasteiger partial charge in [0.15, 0.2) is 0 Å². The van der Waals surface area contributed by atoms with Gasteiger partial charge in [-0.1, -0.05) is 19.9 Å². The third-order valence-electron chi connectivity index (χ3n) is 2.90. The lowest BCUT2D eigenvalue weighted by molar-refractivity contribution is -0.125. The molecule has 0 aromatic heterocycles. The molecule has 0 heterocycles. The maximum atomic E-state index is 11.5. The van der Waals surface area contributed by atoms with E-state index in [4.69, 9.17) is 0 Å². The number of hydrogen-bond donors (Lipinski definition) is 0. The van der Waals surface area contributed by atoms with Gasteiger partial charge in [0.05, 0.1) is 0 Å². The molecule has 1 saturated carbocycles. The molecule has 1 nitrogen and oxygen atoms in total. The second-order valence-electron chi connectivity index (χ2n) is 4.03. The zero-order chi connectivity index (χ0) is 9.14. The van der Waals surface area contributed by atoms with E-state index in [0.717, 1.165) is 12.8 Å². The summed E-state index contributed by atoms with van der Waals surface area (Å²) in [5.41, 5.74) is 0. The first-order valence-corrected chi connectivity index (χ1v) is 4.82. The predicted molar refractivity (Wildman–Crippen MR) is 50.9 cm³/mol. The van der Waals surface area contributed by atoms with Gasteiger partial charge < -0.3 is 0 Å². The van der Waals surface area contributed by atoms with Gasteiger partial charge in [0.1, 0.15) is 5.78 Å². The minimum atomic E-state index is 0.138. The normalized spacial score (nSPS) is 30.8. The zero-order valence-corrected chi connectivity index (χ0v) is 8.05. The molecule has 0 saturated heterocycles. The van der Waals surface area contributed by atoms with Gasteiger partial charge in [-0.3, -0.25) is 4.79 Å². The molecule has 1 heteroatoms. The molecule has 0 spiro atoms. The molecule has 0 aliphatic heterocycles. The molecule has 1 fully saturated rings. The highest BCUT2D eigenvalue weighted by atomic mass is 16.1. The topological polar surface area (TPSA) is 17.1 Å². The van der Waals surface area contributed by atoms with Crippen molar-refractivity contribution in [3.63, 3.8) is 0 Å². The quantitative estimate of drug-likeness (QED) is 0.576. The molecule has 0 unspecified atom stereocenters. The Morgan fingerprint density at radius 3 is 2.67 bits per heavy atom. The summed E-state index contributed by atoms with van der Waals surface area (Å²) in [6.07, 6.45) is 4.87. The highest BCUT2D eigenvalue weighted by molar-refractivity contribution is 5.83. The standard InChI is InChI=1S/C11H18O/c1-4-9-10(8(2)3)6-5-7-11(9)12/h4,8-10H,1,5-7H2,2-3H3/t9-,10-/m1/s1. The lowest BCUT2D eigenvalue weighted by atomic mass is 9.73. The molecule has 1 aliphatic carbocycles. The third-order valence-corrected chi connectivity index (χ3v) is 2.90. The average Bonchev–Trinajstić information content (AvgIpc) is 2.03. The molecule has 0 bridgehead atoms. The Balaban J connectivity index is 2.70. The molecule has 1 aliphatic rings. The summed E-state index contributed by atoms with van der Waals surface area (Å²) >= 11 is 0. The second-order valence-corrected chi connectivity index (χ2v) is 4.03. The van der Waals surface area contributed by atoms with E-state index in [1.165, 1.54) is 6.42 Å². The van der Waals surface area contributed by atoms with E-state index in [2.05, 4.69) is 20.4 Å². The molecule has 0 aromatic carbocycles. The molecule has 68 valence electrons. The van der Waals surface area contributed by atoms with Gasteiger partial charge in [-0.05, 0) is 24.7 Å².